The summed E-state index contributed by atoms with van der Waals surface area (Å²) in [6.07, 6.45) is -5.58. The number of aliphatic hydroxyl groups excluding tert-OH is 2. The van der Waals surface area contributed by atoms with Gasteiger partial charge in [0.15, 0.2) is 0 Å². The van der Waals surface area contributed by atoms with Crippen LogP contribution in [0.25, 0.3) is 11.3 Å². The SMILES string of the molecule is O=C1CN(Cc2cc(C(F)(F)F)ccc2Oc2ccc(-c3cccc(C(O)CO)n3)cc2)CCN1. The predicted molar refractivity (Wildman–Crippen MR) is 122 cm³/mol. The largest absolute Gasteiger partial charge is 0.457 e. The van der Waals surface area contributed by atoms with Gasteiger partial charge in [-0.05, 0) is 54.6 Å². The van der Waals surface area contributed by atoms with E-state index in [0.717, 1.165) is 17.7 Å². The zero-order valence-corrected chi connectivity index (χ0v) is 18.6. The summed E-state index contributed by atoms with van der Waals surface area (Å²) in [6, 6.07) is 15.2. The molecule has 1 aliphatic rings. The number of amides is 1. The first-order chi connectivity index (χ1) is 16.7. The lowest BCUT2D eigenvalue weighted by Crippen LogP contribution is -2.47. The van der Waals surface area contributed by atoms with Gasteiger partial charge < -0.3 is 20.3 Å². The summed E-state index contributed by atoms with van der Waals surface area (Å²) in [6.45, 7) is 0.740. The lowest BCUT2D eigenvalue weighted by atomic mass is 10.1. The van der Waals surface area contributed by atoms with E-state index in [1.165, 1.54) is 6.07 Å². The second kappa shape index (κ2) is 10.4. The normalized spacial score (nSPS) is 15.5. The smallest absolute Gasteiger partial charge is 0.416 e. The van der Waals surface area contributed by atoms with Crippen molar-refractivity contribution in [2.24, 2.45) is 0 Å². The van der Waals surface area contributed by atoms with Crippen molar-refractivity contribution in [3.8, 4) is 22.8 Å². The van der Waals surface area contributed by atoms with Crippen LogP contribution >= 0.6 is 0 Å². The number of rotatable bonds is 7. The fourth-order valence-corrected chi connectivity index (χ4v) is 3.76. The Bertz CT molecular complexity index is 1190. The summed E-state index contributed by atoms with van der Waals surface area (Å²) < 4.78 is 45.9. The minimum absolute atomic E-state index is 0.0986. The molecule has 4 rings (SSSR count). The number of nitrogens with zero attached hydrogens (tertiary/aromatic N) is 2. The molecule has 1 unspecified atom stereocenters. The maximum atomic E-state index is 13.3. The molecule has 0 aliphatic carbocycles. The van der Waals surface area contributed by atoms with Crippen molar-refractivity contribution in [2.45, 2.75) is 18.8 Å². The van der Waals surface area contributed by atoms with Gasteiger partial charge >= 0.3 is 6.18 Å². The standard InChI is InChI=1S/C25H24F3N3O4/c26-25(27,28)18-6-9-23(17(12-18)13-31-11-10-29-24(34)14-31)35-19-7-4-16(5-8-19)20-2-1-3-21(30-20)22(33)15-32/h1-9,12,22,32-33H,10-11,13-15H2,(H,29,34). The first-order valence-corrected chi connectivity index (χ1v) is 11.0. The van der Waals surface area contributed by atoms with Crippen molar-refractivity contribution >= 4 is 5.91 Å². The van der Waals surface area contributed by atoms with E-state index in [-0.39, 0.29) is 24.7 Å². The molecule has 1 saturated heterocycles. The van der Waals surface area contributed by atoms with Gasteiger partial charge in [0.25, 0.3) is 0 Å². The predicted octanol–water partition coefficient (Wildman–Crippen LogP) is 3.52. The number of hydrogen-bond donors (Lipinski definition) is 3. The third-order valence-electron chi connectivity index (χ3n) is 5.56. The van der Waals surface area contributed by atoms with E-state index < -0.39 is 24.5 Å². The third-order valence-corrected chi connectivity index (χ3v) is 5.56. The number of aliphatic hydroxyl groups is 2. The molecule has 1 amide bonds. The highest BCUT2D eigenvalue weighted by Crippen LogP contribution is 2.35. The van der Waals surface area contributed by atoms with Gasteiger partial charge in [-0.15, -0.1) is 0 Å². The number of halogens is 3. The van der Waals surface area contributed by atoms with Crippen molar-refractivity contribution in [3.63, 3.8) is 0 Å². The van der Waals surface area contributed by atoms with Gasteiger partial charge in [-0.25, -0.2) is 4.98 Å². The monoisotopic (exact) mass is 487 g/mol. The number of nitrogens with one attached hydrogen (secondary N) is 1. The van der Waals surface area contributed by atoms with Crippen LogP contribution in [0.3, 0.4) is 0 Å². The van der Waals surface area contributed by atoms with Gasteiger partial charge in [-0.2, -0.15) is 13.2 Å². The molecule has 1 fully saturated rings. The quantitative estimate of drug-likeness (QED) is 0.472. The van der Waals surface area contributed by atoms with Crippen molar-refractivity contribution in [2.75, 3.05) is 26.2 Å². The molecule has 0 spiro atoms. The number of carbonyl (C=O) groups is 1. The molecule has 10 heteroatoms. The van der Waals surface area contributed by atoms with Crippen molar-refractivity contribution < 1.29 is 32.9 Å². The van der Waals surface area contributed by atoms with E-state index in [0.29, 0.717) is 35.8 Å². The molecule has 184 valence electrons. The molecule has 2 aromatic carbocycles. The maximum absolute atomic E-state index is 13.3. The Morgan fingerprint density at radius 3 is 2.57 bits per heavy atom. The summed E-state index contributed by atoms with van der Waals surface area (Å²) in [5.74, 6) is 0.506. The van der Waals surface area contributed by atoms with Crippen molar-refractivity contribution in [1.29, 1.82) is 0 Å². The fourth-order valence-electron chi connectivity index (χ4n) is 3.76. The van der Waals surface area contributed by atoms with E-state index >= 15 is 0 Å². The minimum atomic E-state index is -4.50. The molecular weight excluding hydrogens is 463 g/mol. The zero-order valence-electron chi connectivity index (χ0n) is 18.6. The Morgan fingerprint density at radius 2 is 1.89 bits per heavy atom. The van der Waals surface area contributed by atoms with Crippen LogP contribution in [0.15, 0.2) is 60.7 Å². The van der Waals surface area contributed by atoms with E-state index in [4.69, 9.17) is 9.84 Å². The summed E-state index contributed by atoms with van der Waals surface area (Å²) in [7, 11) is 0. The first kappa shape index (κ1) is 24.6. The Hall–Kier alpha value is -3.47. The van der Waals surface area contributed by atoms with Crippen LogP contribution < -0.4 is 10.1 Å². The van der Waals surface area contributed by atoms with Crippen LogP contribution in [-0.4, -0.2) is 52.2 Å². The molecule has 7 nitrogen and oxygen atoms in total. The fraction of sp³-hybridized carbons (Fsp3) is 0.280. The highest BCUT2D eigenvalue weighted by molar-refractivity contribution is 5.78. The molecule has 1 atom stereocenters. The maximum Gasteiger partial charge on any atom is 0.416 e. The van der Waals surface area contributed by atoms with E-state index in [1.54, 1.807) is 47.4 Å². The summed E-state index contributed by atoms with van der Waals surface area (Å²) >= 11 is 0. The van der Waals surface area contributed by atoms with E-state index in [2.05, 4.69) is 10.3 Å². The van der Waals surface area contributed by atoms with Gasteiger partial charge in [0.05, 0.1) is 30.1 Å². The van der Waals surface area contributed by atoms with Crippen LogP contribution in [0.4, 0.5) is 13.2 Å². The number of pyridine rings is 1. The van der Waals surface area contributed by atoms with Gasteiger partial charge in [0, 0.05) is 30.8 Å². The molecule has 35 heavy (non-hydrogen) atoms. The number of carbonyl (C=O) groups excluding carboxylic acids is 1. The summed E-state index contributed by atoms with van der Waals surface area (Å²) in [5, 5.41) is 21.6. The highest BCUT2D eigenvalue weighted by atomic mass is 19.4. The molecule has 3 aromatic rings. The topological polar surface area (TPSA) is 94.9 Å². The van der Waals surface area contributed by atoms with Gasteiger partial charge in [-0.1, -0.05) is 6.07 Å². The average Bonchev–Trinajstić information content (AvgIpc) is 2.84. The highest BCUT2D eigenvalue weighted by Gasteiger charge is 2.31. The lowest BCUT2D eigenvalue weighted by Gasteiger charge is -2.27. The van der Waals surface area contributed by atoms with Crippen molar-refractivity contribution in [3.05, 3.63) is 77.5 Å². The molecule has 1 aliphatic heterocycles. The van der Waals surface area contributed by atoms with E-state index in [1.807, 2.05) is 0 Å². The molecule has 0 bridgehead atoms. The summed E-state index contributed by atoms with van der Waals surface area (Å²) in [5.41, 5.74) is 1.20. The molecule has 2 heterocycles. The molecule has 3 N–H and O–H groups in total. The number of hydrogen-bond acceptors (Lipinski definition) is 6. The third kappa shape index (κ3) is 6.16. The number of ether oxygens (including phenoxy) is 1. The van der Waals surface area contributed by atoms with Gasteiger partial charge in [0.1, 0.15) is 17.6 Å². The minimum Gasteiger partial charge on any atom is -0.457 e. The number of alkyl halides is 3. The van der Waals surface area contributed by atoms with Crippen LogP contribution in [0.5, 0.6) is 11.5 Å². The number of benzene rings is 2. The Morgan fingerprint density at radius 1 is 1.11 bits per heavy atom. The molecule has 0 radical (unpaired) electrons. The Labute approximate surface area is 199 Å². The Balaban J connectivity index is 1.56. The first-order valence-electron chi connectivity index (χ1n) is 11.0. The molecule has 1 aromatic heterocycles. The van der Waals surface area contributed by atoms with Crippen LogP contribution in [-0.2, 0) is 17.5 Å². The van der Waals surface area contributed by atoms with E-state index in [9.17, 15) is 23.1 Å². The Kier molecular flexibility index (Phi) is 7.34. The number of aromatic nitrogens is 1. The summed E-state index contributed by atoms with van der Waals surface area (Å²) in [4.78, 5) is 17.8. The average molecular weight is 487 g/mol. The van der Waals surface area contributed by atoms with Crippen molar-refractivity contribution in [1.82, 2.24) is 15.2 Å². The zero-order chi connectivity index (χ0) is 25.0. The number of piperazine rings is 1. The molecule has 0 saturated carbocycles. The lowest BCUT2D eigenvalue weighted by molar-refractivity contribution is -0.137. The molecular formula is C25H24F3N3O4. The van der Waals surface area contributed by atoms with Crippen LogP contribution in [0.1, 0.15) is 22.9 Å². The van der Waals surface area contributed by atoms with Gasteiger partial charge in [-0.3, -0.25) is 9.69 Å². The van der Waals surface area contributed by atoms with Gasteiger partial charge in [0.2, 0.25) is 5.91 Å². The van der Waals surface area contributed by atoms with Crippen LogP contribution in [0.2, 0.25) is 0 Å². The second-order valence-corrected chi connectivity index (χ2v) is 8.15. The van der Waals surface area contributed by atoms with Crippen LogP contribution in [0, 0.1) is 0 Å². The second-order valence-electron chi connectivity index (χ2n) is 8.15.